The Labute approximate surface area is 125 Å². The van der Waals surface area contributed by atoms with Crippen LogP contribution in [0.5, 0.6) is 0 Å². The van der Waals surface area contributed by atoms with Gasteiger partial charge in [0.1, 0.15) is 0 Å². The quantitative estimate of drug-likeness (QED) is 0.372. The first kappa shape index (κ1) is 17.9. The number of hydrogen-bond acceptors (Lipinski definition) is 6. The topological polar surface area (TPSA) is 156 Å². The lowest BCUT2D eigenvalue weighted by atomic mass is 9.83. The lowest BCUT2D eigenvalue weighted by molar-refractivity contribution is -0.151. The van der Waals surface area contributed by atoms with Gasteiger partial charge in [0.05, 0.1) is 26.2 Å². The van der Waals surface area contributed by atoms with Gasteiger partial charge in [0, 0.05) is 12.1 Å². The molecule has 10 nitrogen and oxygen atoms in total. The van der Waals surface area contributed by atoms with Crippen molar-refractivity contribution in [3.05, 3.63) is 0 Å². The van der Waals surface area contributed by atoms with E-state index in [1.54, 1.807) is 0 Å². The van der Waals surface area contributed by atoms with Crippen molar-refractivity contribution in [1.82, 2.24) is 9.80 Å². The van der Waals surface area contributed by atoms with Crippen LogP contribution in [0.25, 0.3) is 0 Å². The molecule has 0 spiro atoms. The number of carboxylic acid groups (broad SMARTS) is 4. The molecule has 1 aliphatic carbocycles. The smallest absolute Gasteiger partial charge is 0.317 e. The highest BCUT2D eigenvalue weighted by atomic mass is 16.4. The highest BCUT2D eigenvalue weighted by Crippen LogP contribution is 2.30. The van der Waals surface area contributed by atoms with Gasteiger partial charge in [-0.25, -0.2) is 0 Å². The number of rotatable bonds is 10. The summed E-state index contributed by atoms with van der Waals surface area (Å²) in [4.78, 5) is 45.8. The summed E-state index contributed by atoms with van der Waals surface area (Å²) in [5.41, 5.74) is 0. The molecule has 0 amide bonds. The number of carbonyl (C=O) groups is 4. The third-order valence-corrected chi connectivity index (χ3v) is 3.49. The molecule has 0 aromatic heterocycles. The lowest BCUT2D eigenvalue weighted by Gasteiger charge is -2.47. The Morgan fingerprint density at radius 1 is 0.636 bits per heavy atom. The maximum Gasteiger partial charge on any atom is 0.317 e. The van der Waals surface area contributed by atoms with Crippen molar-refractivity contribution in [2.75, 3.05) is 26.2 Å². The normalized spacial score (nSPS) is 20.6. The van der Waals surface area contributed by atoms with E-state index in [-0.39, 0.29) is 0 Å². The third kappa shape index (κ3) is 5.30. The van der Waals surface area contributed by atoms with Crippen molar-refractivity contribution >= 4 is 23.9 Å². The highest BCUT2D eigenvalue weighted by Gasteiger charge is 2.41. The largest absolute Gasteiger partial charge is 0.480 e. The number of nitrogens with zero attached hydrogens (tertiary/aromatic N) is 2. The number of carboxylic acids is 4. The van der Waals surface area contributed by atoms with Crippen molar-refractivity contribution in [1.29, 1.82) is 0 Å². The first-order valence-corrected chi connectivity index (χ1v) is 6.56. The zero-order valence-electron chi connectivity index (χ0n) is 11.7. The average molecular weight is 318 g/mol. The van der Waals surface area contributed by atoms with E-state index < -0.39 is 62.1 Å². The van der Waals surface area contributed by atoms with Gasteiger partial charge in [-0.2, -0.15) is 0 Å². The molecule has 0 aliphatic heterocycles. The fourth-order valence-electron chi connectivity index (χ4n) is 2.59. The molecule has 4 N–H and O–H groups in total. The number of aliphatic carboxylic acids is 4. The molecule has 124 valence electrons. The van der Waals surface area contributed by atoms with Crippen molar-refractivity contribution in [3.8, 4) is 0 Å². The van der Waals surface area contributed by atoms with E-state index in [2.05, 4.69) is 0 Å². The average Bonchev–Trinajstić information content (AvgIpc) is 2.22. The van der Waals surface area contributed by atoms with Crippen LogP contribution in [0.1, 0.15) is 12.8 Å². The number of hydrogen-bond donors (Lipinski definition) is 4. The summed E-state index contributed by atoms with van der Waals surface area (Å²) < 4.78 is 0. The Bertz CT molecular complexity index is 392. The maximum atomic E-state index is 10.8. The second kappa shape index (κ2) is 7.71. The summed E-state index contributed by atoms with van der Waals surface area (Å²) >= 11 is 0. The van der Waals surface area contributed by atoms with Crippen LogP contribution in [0.2, 0.25) is 0 Å². The van der Waals surface area contributed by atoms with Crippen LogP contribution < -0.4 is 0 Å². The minimum atomic E-state index is -1.20. The van der Waals surface area contributed by atoms with Crippen LogP contribution in [0, 0.1) is 0 Å². The standard InChI is InChI=1S/C12H18N2O8/c15-9(16)3-13(4-10(17)18)7-1-2-8(7)14(5-11(19)20)6-12(21)22/h7-8H,1-6H2,(H,15,16)(H,17,18)(H,19,20)(H,21,22)/t7-,8-/m1/s1. The first-order chi connectivity index (χ1) is 10.2. The van der Waals surface area contributed by atoms with Gasteiger partial charge in [0.2, 0.25) is 0 Å². The molecule has 0 aromatic rings. The SMILES string of the molecule is O=C(O)CN(CC(=O)O)[C@@H]1CC[C@H]1N(CC(=O)O)CC(=O)O. The third-order valence-electron chi connectivity index (χ3n) is 3.49. The van der Waals surface area contributed by atoms with E-state index >= 15 is 0 Å². The first-order valence-electron chi connectivity index (χ1n) is 6.56. The molecule has 1 saturated carbocycles. The lowest BCUT2D eigenvalue weighted by Crippen LogP contribution is -2.61. The van der Waals surface area contributed by atoms with Crippen LogP contribution in [0.4, 0.5) is 0 Å². The Balaban J connectivity index is 2.83. The summed E-state index contributed by atoms with van der Waals surface area (Å²) in [5, 5.41) is 35.4. The van der Waals surface area contributed by atoms with Crippen LogP contribution in [-0.2, 0) is 19.2 Å². The Morgan fingerprint density at radius 2 is 0.864 bits per heavy atom. The van der Waals surface area contributed by atoms with E-state index in [1.807, 2.05) is 0 Å². The molecule has 2 atom stereocenters. The minimum Gasteiger partial charge on any atom is -0.480 e. The molecule has 0 saturated heterocycles. The zero-order chi connectivity index (χ0) is 16.9. The highest BCUT2D eigenvalue weighted by molar-refractivity contribution is 5.73. The fourth-order valence-corrected chi connectivity index (χ4v) is 2.59. The maximum absolute atomic E-state index is 10.8. The molecule has 22 heavy (non-hydrogen) atoms. The van der Waals surface area contributed by atoms with Crippen molar-refractivity contribution in [2.24, 2.45) is 0 Å². The van der Waals surface area contributed by atoms with Crippen molar-refractivity contribution in [3.63, 3.8) is 0 Å². The minimum absolute atomic E-state index is 0.487. The predicted molar refractivity (Wildman–Crippen MR) is 70.5 cm³/mol. The molecule has 1 aliphatic rings. The summed E-state index contributed by atoms with van der Waals surface area (Å²) in [6.45, 7) is -1.99. The van der Waals surface area contributed by atoms with Gasteiger partial charge in [-0.15, -0.1) is 0 Å². The molecular formula is C12H18N2O8. The summed E-state index contributed by atoms with van der Waals surface area (Å²) in [5.74, 6) is -4.80. The summed E-state index contributed by atoms with van der Waals surface area (Å²) in [6.07, 6.45) is 0.974. The molecule has 0 radical (unpaired) electrons. The van der Waals surface area contributed by atoms with Gasteiger partial charge in [-0.3, -0.25) is 29.0 Å². The monoisotopic (exact) mass is 318 g/mol. The Morgan fingerprint density at radius 3 is 1.00 bits per heavy atom. The van der Waals surface area contributed by atoms with E-state index in [0.717, 1.165) is 0 Å². The summed E-state index contributed by atoms with van der Waals surface area (Å²) in [6, 6.07) is -0.989. The second-order valence-electron chi connectivity index (χ2n) is 5.10. The Hall–Kier alpha value is -2.20. The molecule has 1 fully saturated rings. The molecule has 0 aromatic carbocycles. The summed E-state index contributed by atoms with van der Waals surface area (Å²) in [7, 11) is 0. The predicted octanol–water partition coefficient (Wildman–Crippen LogP) is -1.54. The molecule has 0 unspecified atom stereocenters. The van der Waals surface area contributed by atoms with Gasteiger partial charge in [0.15, 0.2) is 0 Å². The molecule has 1 rings (SSSR count). The van der Waals surface area contributed by atoms with Gasteiger partial charge in [0.25, 0.3) is 0 Å². The van der Waals surface area contributed by atoms with Gasteiger partial charge in [-0.1, -0.05) is 0 Å². The van der Waals surface area contributed by atoms with Crippen molar-refractivity contribution < 1.29 is 39.6 Å². The van der Waals surface area contributed by atoms with E-state index in [0.29, 0.717) is 12.8 Å². The van der Waals surface area contributed by atoms with Gasteiger partial charge >= 0.3 is 23.9 Å². The Kier molecular flexibility index (Phi) is 6.25. The fraction of sp³-hybridized carbons (Fsp3) is 0.667. The van der Waals surface area contributed by atoms with Crippen molar-refractivity contribution in [2.45, 2.75) is 24.9 Å². The van der Waals surface area contributed by atoms with Crippen LogP contribution in [0.15, 0.2) is 0 Å². The molecule has 0 bridgehead atoms. The molecule has 10 heteroatoms. The van der Waals surface area contributed by atoms with E-state index in [1.165, 1.54) is 9.80 Å². The zero-order valence-corrected chi connectivity index (χ0v) is 11.7. The molecular weight excluding hydrogens is 300 g/mol. The van der Waals surface area contributed by atoms with Crippen LogP contribution >= 0.6 is 0 Å². The van der Waals surface area contributed by atoms with Crippen LogP contribution in [0.3, 0.4) is 0 Å². The van der Waals surface area contributed by atoms with Crippen LogP contribution in [-0.4, -0.2) is 92.4 Å². The molecule has 0 heterocycles. The van der Waals surface area contributed by atoms with Gasteiger partial charge in [-0.05, 0) is 12.8 Å². The second-order valence-corrected chi connectivity index (χ2v) is 5.10. The van der Waals surface area contributed by atoms with Gasteiger partial charge < -0.3 is 20.4 Å². The van der Waals surface area contributed by atoms with E-state index in [9.17, 15) is 19.2 Å². The van der Waals surface area contributed by atoms with E-state index in [4.69, 9.17) is 20.4 Å².